The van der Waals surface area contributed by atoms with E-state index >= 15 is 0 Å². The van der Waals surface area contributed by atoms with E-state index in [0.29, 0.717) is 40.2 Å². The van der Waals surface area contributed by atoms with E-state index in [9.17, 15) is 9.59 Å². The Morgan fingerprint density at radius 2 is 1.86 bits per heavy atom. The lowest BCUT2D eigenvalue weighted by molar-refractivity contribution is -0.123. The van der Waals surface area contributed by atoms with Gasteiger partial charge in [0, 0.05) is 17.0 Å². The summed E-state index contributed by atoms with van der Waals surface area (Å²) in [6.45, 7) is 2.87. The fourth-order valence-electron chi connectivity index (χ4n) is 3.44. The SMILES string of the molecule is CCOc1cc(/C=C2\SC(=S)N(NC(=O)c3cccc(Cl)c3)C2=O)ccc1OCCc1ccccc1. The van der Waals surface area contributed by atoms with Crippen LogP contribution in [0.3, 0.4) is 0 Å². The molecule has 0 spiro atoms. The maximum absolute atomic E-state index is 13.0. The van der Waals surface area contributed by atoms with Crippen molar-refractivity contribution in [1.82, 2.24) is 10.4 Å². The van der Waals surface area contributed by atoms with Crippen molar-refractivity contribution in [3.63, 3.8) is 0 Å². The molecule has 6 nitrogen and oxygen atoms in total. The minimum atomic E-state index is -0.481. The normalized spacial score (nSPS) is 14.3. The smallest absolute Gasteiger partial charge is 0.285 e. The molecule has 1 saturated heterocycles. The Morgan fingerprint density at radius 1 is 1.06 bits per heavy atom. The number of benzene rings is 3. The summed E-state index contributed by atoms with van der Waals surface area (Å²) in [4.78, 5) is 25.9. The number of hydrogen-bond donors (Lipinski definition) is 1. The number of nitrogens with zero attached hydrogens (tertiary/aromatic N) is 1. The first-order chi connectivity index (χ1) is 17.4. The van der Waals surface area contributed by atoms with Crippen molar-refractivity contribution < 1.29 is 19.1 Å². The largest absolute Gasteiger partial charge is 0.490 e. The molecule has 0 bridgehead atoms. The van der Waals surface area contributed by atoms with Gasteiger partial charge >= 0.3 is 0 Å². The molecular weight excluding hydrogens is 516 g/mol. The minimum absolute atomic E-state index is 0.229. The molecule has 2 amide bonds. The number of amides is 2. The van der Waals surface area contributed by atoms with E-state index in [0.717, 1.165) is 28.8 Å². The molecule has 1 fully saturated rings. The Balaban J connectivity index is 1.45. The summed E-state index contributed by atoms with van der Waals surface area (Å²) in [6, 6.07) is 22.0. The monoisotopic (exact) mass is 538 g/mol. The third-order valence-corrected chi connectivity index (χ3v) is 6.69. The molecule has 4 rings (SSSR count). The first kappa shape index (κ1) is 25.8. The van der Waals surface area contributed by atoms with Crippen molar-refractivity contribution >= 4 is 57.8 Å². The fraction of sp³-hybridized carbons (Fsp3) is 0.148. The Hall–Kier alpha value is -3.33. The number of ether oxygens (including phenoxy) is 2. The summed E-state index contributed by atoms with van der Waals surface area (Å²) < 4.78 is 12.0. The highest BCUT2D eigenvalue weighted by atomic mass is 35.5. The highest BCUT2D eigenvalue weighted by Crippen LogP contribution is 2.34. The van der Waals surface area contributed by atoms with Crippen LogP contribution in [-0.2, 0) is 11.2 Å². The predicted molar refractivity (Wildman–Crippen MR) is 147 cm³/mol. The number of thioether (sulfide) groups is 1. The van der Waals surface area contributed by atoms with Crippen LogP contribution in [0.1, 0.15) is 28.4 Å². The topological polar surface area (TPSA) is 67.9 Å². The fourth-order valence-corrected chi connectivity index (χ4v) is 4.81. The van der Waals surface area contributed by atoms with Gasteiger partial charge in [-0.1, -0.05) is 65.8 Å². The number of carbonyl (C=O) groups excluding carboxylic acids is 2. The molecule has 0 radical (unpaired) electrons. The summed E-state index contributed by atoms with van der Waals surface area (Å²) in [5.41, 5.74) is 4.81. The molecule has 36 heavy (non-hydrogen) atoms. The molecular formula is C27H23ClN2O4S2. The molecule has 3 aromatic carbocycles. The van der Waals surface area contributed by atoms with E-state index in [1.165, 1.54) is 11.6 Å². The van der Waals surface area contributed by atoms with Crippen LogP contribution in [0, 0.1) is 0 Å². The van der Waals surface area contributed by atoms with Crippen molar-refractivity contribution in [2.45, 2.75) is 13.3 Å². The summed E-state index contributed by atoms with van der Waals surface area (Å²) in [5.74, 6) is 0.322. The molecule has 0 aliphatic carbocycles. The molecule has 0 saturated carbocycles. The number of halogens is 1. The number of rotatable bonds is 9. The Morgan fingerprint density at radius 3 is 2.61 bits per heavy atom. The van der Waals surface area contributed by atoms with Crippen LogP contribution in [0.15, 0.2) is 77.7 Å². The van der Waals surface area contributed by atoms with Crippen molar-refractivity contribution in [3.8, 4) is 11.5 Å². The third kappa shape index (κ3) is 6.46. The van der Waals surface area contributed by atoms with Crippen LogP contribution < -0.4 is 14.9 Å². The average Bonchev–Trinajstić information content (AvgIpc) is 3.13. The lowest BCUT2D eigenvalue weighted by Gasteiger charge is -2.15. The van der Waals surface area contributed by atoms with E-state index in [1.807, 2.05) is 43.3 Å². The van der Waals surface area contributed by atoms with E-state index in [4.69, 9.17) is 33.3 Å². The number of hydrogen-bond acceptors (Lipinski definition) is 6. The van der Waals surface area contributed by atoms with Gasteiger partial charge < -0.3 is 9.47 Å². The molecule has 1 aliphatic rings. The number of hydrazine groups is 1. The third-order valence-electron chi connectivity index (χ3n) is 5.15. The Labute approximate surface area is 224 Å². The van der Waals surface area contributed by atoms with Gasteiger partial charge in [0.15, 0.2) is 15.8 Å². The predicted octanol–water partition coefficient (Wildman–Crippen LogP) is 5.91. The van der Waals surface area contributed by atoms with Crippen LogP contribution in [-0.4, -0.2) is 34.4 Å². The molecule has 3 aromatic rings. The van der Waals surface area contributed by atoms with Gasteiger partial charge in [0.1, 0.15) is 0 Å². The second-order valence-electron chi connectivity index (χ2n) is 7.69. The van der Waals surface area contributed by atoms with Gasteiger partial charge in [-0.05, 0) is 66.7 Å². The van der Waals surface area contributed by atoms with Gasteiger partial charge in [0.2, 0.25) is 0 Å². The maximum Gasteiger partial charge on any atom is 0.285 e. The van der Waals surface area contributed by atoms with Crippen LogP contribution >= 0.6 is 35.6 Å². The first-order valence-corrected chi connectivity index (χ1v) is 12.8. The molecule has 0 unspecified atom stereocenters. The second-order valence-corrected chi connectivity index (χ2v) is 9.80. The van der Waals surface area contributed by atoms with E-state index in [-0.39, 0.29) is 4.32 Å². The first-order valence-electron chi connectivity index (χ1n) is 11.2. The van der Waals surface area contributed by atoms with Crippen LogP contribution in [0.25, 0.3) is 6.08 Å². The highest BCUT2D eigenvalue weighted by molar-refractivity contribution is 8.26. The lowest BCUT2D eigenvalue weighted by Crippen LogP contribution is -2.44. The quantitative estimate of drug-likeness (QED) is 0.270. The van der Waals surface area contributed by atoms with E-state index in [2.05, 4.69) is 17.6 Å². The Bertz CT molecular complexity index is 1310. The van der Waals surface area contributed by atoms with Crippen LogP contribution in [0.4, 0.5) is 0 Å². The van der Waals surface area contributed by atoms with Gasteiger partial charge in [0.25, 0.3) is 11.8 Å². The molecule has 0 aromatic heterocycles. The maximum atomic E-state index is 13.0. The van der Waals surface area contributed by atoms with Gasteiger partial charge in [-0.15, -0.1) is 0 Å². The van der Waals surface area contributed by atoms with Gasteiger partial charge in [-0.25, -0.2) is 0 Å². The number of thiocarbonyl (C=S) groups is 1. The van der Waals surface area contributed by atoms with Crippen LogP contribution in [0.2, 0.25) is 5.02 Å². The molecule has 0 atom stereocenters. The zero-order chi connectivity index (χ0) is 25.5. The van der Waals surface area contributed by atoms with E-state index < -0.39 is 11.8 Å². The summed E-state index contributed by atoms with van der Waals surface area (Å²) in [7, 11) is 0. The van der Waals surface area contributed by atoms with Crippen molar-refractivity contribution in [2.75, 3.05) is 13.2 Å². The highest BCUT2D eigenvalue weighted by Gasteiger charge is 2.33. The molecule has 1 heterocycles. The van der Waals surface area contributed by atoms with Gasteiger partial charge in [-0.3, -0.25) is 15.0 Å². The summed E-state index contributed by atoms with van der Waals surface area (Å²) in [6.07, 6.45) is 2.48. The minimum Gasteiger partial charge on any atom is -0.490 e. The number of carbonyl (C=O) groups is 2. The van der Waals surface area contributed by atoms with Crippen molar-refractivity contribution in [3.05, 3.63) is 99.4 Å². The van der Waals surface area contributed by atoms with Crippen molar-refractivity contribution in [2.24, 2.45) is 0 Å². The molecule has 184 valence electrons. The average molecular weight is 539 g/mol. The summed E-state index contributed by atoms with van der Waals surface area (Å²) in [5, 5.41) is 1.49. The molecule has 1 aliphatic heterocycles. The Kier molecular flexibility index (Phi) is 8.64. The lowest BCUT2D eigenvalue weighted by atomic mass is 10.1. The van der Waals surface area contributed by atoms with Crippen molar-refractivity contribution in [1.29, 1.82) is 0 Å². The molecule has 1 N–H and O–H groups in total. The van der Waals surface area contributed by atoms with E-state index in [1.54, 1.807) is 24.3 Å². The standard InChI is InChI=1S/C27H23ClN2O4S2/c1-2-33-23-15-19(11-12-22(23)34-14-13-18-7-4-3-5-8-18)16-24-26(32)30(27(35)36-24)29-25(31)20-9-6-10-21(28)17-20/h3-12,15-17H,2,13-14H2,1H3,(H,29,31)/b24-16-. The summed E-state index contributed by atoms with van der Waals surface area (Å²) >= 11 is 12.4. The van der Waals surface area contributed by atoms with Gasteiger partial charge in [0.05, 0.1) is 18.1 Å². The van der Waals surface area contributed by atoms with Crippen LogP contribution in [0.5, 0.6) is 11.5 Å². The zero-order valence-corrected chi connectivity index (χ0v) is 21.8. The molecule has 9 heteroatoms. The number of nitrogens with one attached hydrogen (secondary N) is 1. The van der Waals surface area contributed by atoms with Gasteiger partial charge in [-0.2, -0.15) is 5.01 Å². The second kappa shape index (κ2) is 12.1. The zero-order valence-electron chi connectivity index (χ0n) is 19.4.